The molecule has 2 rings (SSSR count). The molecule has 0 atom stereocenters. The number of aromatic nitrogens is 1. The summed E-state index contributed by atoms with van der Waals surface area (Å²) in [7, 11) is 0. The van der Waals surface area contributed by atoms with Gasteiger partial charge in [0.25, 0.3) is 0 Å². The Hall–Kier alpha value is -0.830. The van der Waals surface area contributed by atoms with Gasteiger partial charge < -0.3 is 10.4 Å². The number of nitrogens with one attached hydrogen (secondary N) is 1. The van der Waals surface area contributed by atoms with E-state index >= 15 is 0 Å². The lowest BCUT2D eigenvalue weighted by molar-refractivity contribution is 0.155. The Kier molecular flexibility index (Phi) is 4.10. The summed E-state index contributed by atoms with van der Waals surface area (Å²) in [5.74, 6) is 0.709. The molecule has 6 heteroatoms. The van der Waals surface area contributed by atoms with Gasteiger partial charge in [0.1, 0.15) is 10.9 Å². The normalized spacial score (nSPS) is 27.8. The Bertz CT molecular complexity index is 460. The number of aliphatic hydroxyl groups excluding tert-OH is 1. The van der Waals surface area contributed by atoms with Crippen molar-refractivity contribution in [3.63, 3.8) is 0 Å². The Labute approximate surface area is 116 Å². The van der Waals surface area contributed by atoms with Crippen LogP contribution >= 0.6 is 22.9 Å². The van der Waals surface area contributed by atoms with Crippen molar-refractivity contribution in [1.82, 2.24) is 4.98 Å². The van der Waals surface area contributed by atoms with Gasteiger partial charge in [0.2, 0.25) is 0 Å². The Balaban J connectivity index is 2.12. The molecule has 0 spiro atoms. The van der Waals surface area contributed by atoms with Crippen LogP contribution < -0.4 is 5.32 Å². The highest BCUT2D eigenvalue weighted by atomic mass is 35.5. The first kappa shape index (κ1) is 13.6. The van der Waals surface area contributed by atoms with E-state index in [1.165, 1.54) is 11.3 Å². The number of halogens is 1. The second-order valence-electron chi connectivity index (χ2n) is 5.00. The van der Waals surface area contributed by atoms with Gasteiger partial charge in [-0.2, -0.15) is 5.26 Å². The van der Waals surface area contributed by atoms with Crippen LogP contribution in [0.4, 0.5) is 5.13 Å². The molecule has 1 aromatic heterocycles. The molecule has 1 saturated carbocycles. The number of hydrogen-bond donors (Lipinski definition) is 2. The van der Waals surface area contributed by atoms with E-state index in [4.69, 9.17) is 16.9 Å². The van der Waals surface area contributed by atoms with Crippen molar-refractivity contribution >= 4 is 28.1 Å². The van der Waals surface area contributed by atoms with Gasteiger partial charge in [0.15, 0.2) is 10.3 Å². The first-order valence-electron chi connectivity index (χ1n) is 6.04. The molecule has 0 radical (unpaired) electrons. The standard InChI is InChI=1S/C12H16ClN3OS/c1-8-2-4-12(7-17,5-3-8)16-11-15-10(13)9(6-14)18-11/h8,17H,2-5,7H2,1H3,(H,15,16). The second kappa shape index (κ2) is 5.43. The van der Waals surface area contributed by atoms with Crippen LogP contribution in [0.2, 0.25) is 5.15 Å². The maximum absolute atomic E-state index is 9.64. The summed E-state index contributed by atoms with van der Waals surface area (Å²) in [6, 6.07) is 2.01. The molecule has 0 amide bonds. The molecular formula is C12H16ClN3OS. The number of thiazole rings is 1. The molecule has 1 aromatic rings. The van der Waals surface area contributed by atoms with E-state index in [2.05, 4.69) is 17.2 Å². The van der Waals surface area contributed by atoms with Gasteiger partial charge in [-0.1, -0.05) is 29.9 Å². The van der Waals surface area contributed by atoms with E-state index in [9.17, 15) is 5.11 Å². The van der Waals surface area contributed by atoms with E-state index in [-0.39, 0.29) is 17.3 Å². The summed E-state index contributed by atoms with van der Waals surface area (Å²) in [4.78, 5) is 4.54. The van der Waals surface area contributed by atoms with Gasteiger partial charge in [0, 0.05) is 0 Å². The fourth-order valence-electron chi connectivity index (χ4n) is 2.29. The Morgan fingerprint density at radius 2 is 2.28 bits per heavy atom. The zero-order valence-electron chi connectivity index (χ0n) is 10.2. The summed E-state index contributed by atoms with van der Waals surface area (Å²) in [6.07, 6.45) is 4.03. The van der Waals surface area contributed by atoms with Crippen LogP contribution in [0, 0.1) is 17.2 Å². The lowest BCUT2D eigenvalue weighted by Gasteiger charge is -2.38. The quantitative estimate of drug-likeness (QED) is 0.896. The van der Waals surface area contributed by atoms with Crippen LogP contribution in [-0.4, -0.2) is 22.2 Å². The van der Waals surface area contributed by atoms with Crippen LogP contribution in [-0.2, 0) is 0 Å². The maximum atomic E-state index is 9.64. The molecule has 0 bridgehead atoms. The summed E-state index contributed by atoms with van der Waals surface area (Å²) in [6.45, 7) is 2.31. The highest BCUT2D eigenvalue weighted by Crippen LogP contribution is 2.36. The van der Waals surface area contributed by atoms with Crippen molar-refractivity contribution in [2.45, 2.75) is 38.1 Å². The zero-order chi connectivity index (χ0) is 13.2. The monoisotopic (exact) mass is 285 g/mol. The van der Waals surface area contributed by atoms with Crippen LogP contribution in [0.25, 0.3) is 0 Å². The largest absolute Gasteiger partial charge is 0.394 e. The van der Waals surface area contributed by atoms with E-state index in [0.717, 1.165) is 25.7 Å². The van der Waals surface area contributed by atoms with E-state index < -0.39 is 0 Å². The van der Waals surface area contributed by atoms with Crippen molar-refractivity contribution < 1.29 is 5.11 Å². The zero-order valence-corrected chi connectivity index (χ0v) is 11.8. The number of aliphatic hydroxyl groups is 1. The summed E-state index contributed by atoms with van der Waals surface area (Å²) in [5.41, 5.74) is -0.305. The molecule has 0 aliphatic heterocycles. The highest BCUT2D eigenvalue weighted by Gasteiger charge is 2.34. The molecule has 2 N–H and O–H groups in total. The molecule has 0 unspecified atom stereocenters. The summed E-state index contributed by atoms with van der Waals surface area (Å²) in [5, 5.41) is 22.6. The number of anilines is 1. The van der Waals surface area contributed by atoms with Crippen LogP contribution in [0.1, 0.15) is 37.5 Å². The maximum Gasteiger partial charge on any atom is 0.185 e. The minimum atomic E-state index is -0.305. The average Bonchev–Trinajstić information content (AvgIpc) is 2.72. The Morgan fingerprint density at radius 3 is 2.78 bits per heavy atom. The molecule has 18 heavy (non-hydrogen) atoms. The van der Waals surface area contributed by atoms with Crippen molar-refractivity contribution in [3.8, 4) is 6.07 Å². The third-order valence-electron chi connectivity index (χ3n) is 3.59. The molecule has 0 saturated heterocycles. The van der Waals surface area contributed by atoms with Crippen molar-refractivity contribution in [2.75, 3.05) is 11.9 Å². The molecule has 1 fully saturated rings. The highest BCUT2D eigenvalue weighted by molar-refractivity contribution is 7.16. The smallest absolute Gasteiger partial charge is 0.185 e. The van der Waals surface area contributed by atoms with E-state index in [0.29, 0.717) is 15.9 Å². The minimum Gasteiger partial charge on any atom is -0.394 e. The fourth-order valence-corrected chi connectivity index (χ4v) is 3.35. The van der Waals surface area contributed by atoms with Gasteiger partial charge in [-0.05, 0) is 31.6 Å². The molecule has 1 aliphatic carbocycles. The van der Waals surface area contributed by atoms with Crippen molar-refractivity contribution in [3.05, 3.63) is 10.0 Å². The van der Waals surface area contributed by atoms with Gasteiger partial charge >= 0.3 is 0 Å². The van der Waals surface area contributed by atoms with E-state index in [1.807, 2.05) is 6.07 Å². The molecule has 0 aromatic carbocycles. The number of nitriles is 1. The van der Waals surface area contributed by atoms with Crippen LogP contribution in [0.15, 0.2) is 0 Å². The number of rotatable bonds is 3. The van der Waals surface area contributed by atoms with E-state index in [1.54, 1.807) is 0 Å². The molecule has 1 heterocycles. The predicted octanol–water partition coefficient (Wildman–Crippen LogP) is 3.02. The van der Waals surface area contributed by atoms with Gasteiger partial charge in [-0.25, -0.2) is 4.98 Å². The summed E-state index contributed by atoms with van der Waals surface area (Å²) >= 11 is 7.09. The first-order chi connectivity index (χ1) is 8.58. The van der Waals surface area contributed by atoms with Crippen LogP contribution in [0.3, 0.4) is 0 Å². The predicted molar refractivity (Wildman–Crippen MR) is 72.9 cm³/mol. The first-order valence-corrected chi connectivity index (χ1v) is 7.23. The van der Waals surface area contributed by atoms with Gasteiger partial charge in [-0.3, -0.25) is 0 Å². The van der Waals surface area contributed by atoms with Crippen molar-refractivity contribution in [2.24, 2.45) is 5.92 Å². The third kappa shape index (κ3) is 2.77. The van der Waals surface area contributed by atoms with Gasteiger partial charge in [0.05, 0.1) is 12.1 Å². The average molecular weight is 286 g/mol. The number of hydrogen-bond acceptors (Lipinski definition) is 5. The lowest BCUT2D eigenvalue weighted by atomic mass is 9.78. The second-order valence-corrected chi connectivity index (χ2v) is 6.35. The van der Waals surface area contributed by atoms with Gasteiger partial charge in [-0.15, -0.1) is 0 Å². The fraction of sp³-hybridized carbons (Fsp3) is 0.667. The SMILES string of the molecule is CC1CCC(CO)(Nc2nc(Cl)c(C#N)s2)CC1. The molecule has 1 aliphatic rings. The van der Waals surface area contributed by atoms with Crippen molar-refractivity contribution in [1.29, 1.82) is 5.26 Å². The molecule has 4 nitrogen and oxygen atoms in total. The lowest BCUT2D eigenvalue weighted by Crippen LogP contribution is -2.45. The summed E-state index contributed by atoms with van der Waals surface area (Å²) < 4.78 is 0. The third-order valence-corrected chi connectivity index (χ3v) is 4.85. The minimum absolute atomic E-state index is 0.0821. The Morgan fingerprint density at radius 1 is 1.61 bits per heavy atom. The molecule has 98 valence electrons. The number of nitrogens with zero attached hydrogens (tertiary/aromatic N) is 2. The van der Waals surface area contributed by atoms with Crippen LogP contribution in [0.5, 0.6) is 0 Å². The molecular weight excluding hydrogens is 270 g/mol. The topological polar surface area (TPSA) is 68.9 Å².